The van der Waals surface area contributed by atoms with Gasteiger partial charge in [-0.15, -0.1) is 11.3 Å². The third kappa shape index (κ3) is 2.68. The van der Waals surface area contributed by atoms with Crippen LogP contribution in [0, 0.1) is 0 Å². The molecule has 0 saturated carbocycles. The van der Waals surface area contributed by atoms with E-state index in [4.69, 9.17) is 5.73 Å². The Kier molecular flexibility index (Phi) is 3.49. The summed E-state index contributed by atoms with van der Waals surface area (Å²) in [7, 11) is 1.75. The van der Waals surface area contributed by atoms with Gasteiger partial charge in [0, 0.05) is 18.3 Å². The third-order valence-corrected chi connectivity index (χ3v) is 4.03. The van der Waals surface area contributed by atoms with Crippen LogP contribution in [0.5, 0.6) is 0 Å². The average molecular weight is 311 g/mol. The van der Waals surface area contributed by atoms with Gasteiger partial charge in [-0.25, -0.2) is 0 Å². The van der Waals surface area contributed by atoms with E-state index in [0.29, 0.717) is 11.3 Å². The molecule has 1 aromatic heterocycles. The lowest BCUT2D eigenvalue weighted by Gasteiger charge is -2.15. The molecule has 0 aliphatic heterocycles. The molecule has 5 heteroatoms. The molecule has 1 aromatic carbocycles. The first kappa shape index (κ1) is 12.1. The first-order valence-electron chi connectivity index (χ1n) is 4.97. The van der Waals surface area contributed by atoms with Gasteiger partial charge in [0.15, 0.2) is 0 Å². The van der Waals surface area contributed by atoms with E-state index in [1.807, 2.05) is 12.1 Å². The van der Waals surface area contributed by atoms with Crippen LogP contribution in [0.1, 0.15) is 10.4 Å². The number of benzene rings is 1. The summed E-state index contributed by atoms with van der Waals surface area (Å²) in [5.41, 5.74) is 6.85. The molecular formula is C12H11BrN2OS. The molecule has 2 N–H and O–H groups in total. The highest BCUT2D eigenvalue weighted by Crippen LogP contribution is 2.30. The standard InChI is InChI=1S/C12H11BrN2OS/c1-15(11-6-5-10(13)17-11)12(16)8-3-2-4-9(14)7-8/h2-7H,14H2,1H3. The summed E-state index contributed by atoms with van der Waals surface area (Å²) in [6.45, 7) is 0. The van der Waals surface area contributed by atoms with Gasteiger partial charge in [-0.05, 0) is 46.3 Å². The number of nitrogen functional groups attached to an aromatic ring is 1. The number of nitrogens with zero attached hydrogens (tertiary/aromatic N) is 1. The van der Waals surface area contributed by atoms with E-state index in [9.17, 15) is 4.79 Å². The molecule has 0 radical (unpaired) electrons. The first-order chi connectivity index (χ1) is 8.08. The Morgan fingerprint density at radius 1 is 1.35 bits per heavy atom. The van der Waals surface area contributed by atoms with Crippen LogP contribution in [-0.2, 0) is 0 Å². The number of rotatable bonds is 2. The lowest BCUT2D eigenvalue weighted by atomic mass is 10.2. The zero-order valence-corrected chi connectivity index (χ0v) is 11.6. The zero-order chi connectivity index (χ0) is 12.4. The van der Waals surface area contributed by atoms with Crippen molar-refractivity contribution in [1.82, 2.24) is 0 Å². The van der Waals surface area contributed by atoms with E-state index in [1.54, 1.807) is 36.2 Å². The second kappa shape index (κ2) is 4.89. The molecule has 0 unspecified atom stereocenters. The molecule has 0 saturated heterocycles. The Labute approximate surface area is 112 Å². The predicted molar refractivity (Wildman–Crippen MR) is 75.6 cm³/mol. The number of carbonyl (C=O) groups is 1. The number of carbonyl (C=O) groups excluding carboxylic acids is 1. The van der Waals surface area contributed by atoms with Crippen LogP contribution >= 0.6 is 27.3 Å². The lowest BCUT2D eigenvalue weighted by Crippen LogP contribution is -2.25. The fourth-order valence-corrected chi connectivity index (χ4v) is 2.77. The number of anilines is 2. The maximum Gasteiger partial charge on any atom is 0.258 e. The second-order valence-corrected chi connectivity index (χ2v) is 6.01. The van der Waals surface area contributed by atoms with Crippen molar-refractivity contribution < 1.29 is 4.79 Å². The molecule has 0 spiro atoms. The lowest BCUT2D eigenvalue weighted by molar-refractivity contribution is 0.0993. The van der Waals surface area contributed by atoms with Crippen molar-refractivity contribution in [2.75, 3.05) is 17.7 Å². The minimum atomic E-state index is -0.0633. The molecule has 2 aromatic rings. The van der Waals surface area contributed by atoms with E-state index in [2.05, 4.69) is 15.9 Å². The molecule has 88 valence electrons. The van der Waals surface area contributed by atoms with Crippen LogP contribution in [-0.4, -0.2) is 13.0 Å². The average Bonchev–Trinajstić information content (AvgIpc) is 2.74. The molecule has 0 aliphatic rings. The maximum absolute atomic E-state index is 12.2. The predicted octanol–water partition coefficient (Wildman–Crippen LogP) is 3.37. The van der Waals surface area contributed by atoms with Crippen molar-refractivity contribution >= 4 is 43.9 Å². The van der Waals surface area contributed by atoms with Crippen molar-refractivity contribution in [2.45, 2.75) is 0 Å². The molecule has 0 atom stereocenters. The highest BCUT2D eigenvalue weighted by molar-refractivity contribution is 9.11. The minimum absolute atomic E-state index is 0.0633. The molecule has 2 rings (SSSR count). The SMILES string of the molecule is CN(C(=O)c1cccc(N)c1)c1ccc(Br)s1. The van der Waals surface area contributed by atoms with Gasteiger partial charge in [-0.3, -0.25) is 4.79 Å². The topological polar surface area (TPSA) is 46.3 Å². The monoisotopic (exact) mass is 310 g/mol. The fraction of sp³-hybridized carbons (Fsp3) is 0.0833. The summed E-state index contributed by atoms with van der Waals surface area (Å²) >= 11 is 4.89. The summed E-state index contributed by atoms with van der Waals surface area (Å²) in [4.78, 5) is 13.8. The van der Waals surface area contributed by atoms with Gasteiger partial charge in [-0.2, -0.15) is 0 Å². The molecular weight excluding hydrogens is 300 g/mol. The summed E-state index contributed by atoms with van der Waals surface area (Å²) in [5, 5.41) is 0.893. The van der Waals surface area contributed by atoms with Gasteiger partial charge in [0.2, 0.25) is 0 Å². The van der Waals surface area contributed by atoms with Gasteiger partial charge in [-0.1, -0.05) is 6.07 Å². The number of hydrogen-bond donors (Lipinski definition) is 1. The van der Waals surface area contributed by atoms with E-state index in [0.717, 1.165) is 8.79 Å². The summed E-state index contributed by atoms with van der Waals surface area (Å²) in [6.07, 6.45) is 0. The Hall–Kier alpha value is -1.33. The van der Waals surface area contributed by atoms with Gasteiger partial charge < -0.3 is 10.6 Å². The Bertz CT molecular complexity index is 553. The van der Waals surface area contributed by atoms with Crippen LogP contribution in [0.15, 0.2) is 40.2 Å². The van der Waals surface area contributed by atoms with Crippen LogP contribution in [0.2, 0.25) is 0 Å². The van der Waals surface area contributed by atoms with Crippen molar-refractivity contribution in [2.24, 2.45) is 0 Å². The molecule has 0 bridgehead atoms. The minimum Gasteiger partial charge on any atom is -0.399 e. The Morgan fingerprint density at radius 3 is 2.71 bits per heavy atom. The fourth-order valence-electron chi connectivity index (χ4n) is 1.45. The number of amides is 1. The third-order valence-electron chi connectivity index (χ3n) is 2.33. The summed E-state index contributed by atoms with van der Waals surface area (Å²) < 4.78 is 1.000. The van der Waals surface area contributed by atoms with Crippen LogP contribution in [0.25, 0.3) is 0 Å². The largest absolute Gasteiger partial charge is 0.399 e. The molecule has 1 heterocycles. The van der Waals surface area contributed by atoms with Gasteiger partial charge in [0.1, 0.15) is 0 Å². The van der Waals surface area contributed by atoms with Crippen LogP contribution in [0.4, 0.5) is 10.7 Å². The number of thiophene rings is 1. The van der Waals surface area contributed by atoms with Crippen molar-refractivity contribution in [3.8, 4) is 0 Å². The highest BCUT2D eigenvalue weighted by Gasteiger charge is 2.14. The molecule has 17 heavy (non-hydrogen) atoms. The van der Waals surface area contributed by atoms with Crippen molar-refractivity contribution in [3.63, 3.8) is 0 Å². The quantitative estimate of drug-likeness (QED) is 0.864. The second-order valence-electron chi connectivity index (χ2n) is 3.57. The Morgan fingerprint density at radius 2 is 2.12 bits per heavy atom. The normalized spacial score (nSPS) is 10.2. The highest BCUT2D eigenvalue weighted by atomic mass is 79.9. The molecule has 1 amide bonds. The van der Waals surface area contributed by atoms with Gasteiger partial charge in [0.25, 0.3) is 5.91 Å². The van der Waals surface area contributed by atoms with Gasteiger partial charge in [0.05, 0.1) is 8.79 Å². The maximum atomic E-state index is 12.2. The van der Waals surface area contributed by atoms with Crippen LogP contribution < -0.4 is 10.6 Å². The Balaban J connectivity index is 2.26. The molecule has 0 fully saturated rings. The zero-order valence-electron chi connectivity index (χ0n) is 9.18. The van der Waals surface area contributed by atoms with Crippen molar-refractivity contribution in [3.05, 3.63) is 45.7 Å². The molecule has 3 nitrogen and oxygen atoms in total. The van der Waals surface area contributed by atoms with E-state index in [-0.39, 0.29) is 5.91 Å². The van der Waals surface area contributed by atoms with Crippen LogP contribution in [0.3, 0.4) is 0 Å². The smallest absolute Gasteiger partial charge is 0.258 e. The van der Waals surface area contributed by atoms with Gasteiger partial charge >= 0.3 is 0 Å². The van der Waals surface area contributed by atoms with E-state index < -0.39 is 0 Å². The number of hydrogen-bond acceptors (Lipinski definition) is 3. The first-order valence-corrected chi connectivity index (χ1v) is 6.58. The summed E-state index contributed by atoms with van der Waals surface area (Å²) in [6, 6.07) is 10.8. The number of nitrogens with two attached hydrogens (primary N) is 1. The van der Waals surface area contributed by atoms with E-state index in [1.165, 1.54) is 11.3 Å². The number of halogens is 1. The molecule has 0 aliphatic carbocycles. The summed E-state index contributed by atoms with van der Waals surface area (Å²) in [5.74, 6) is -0.0633. The van der Waals surface area contributed by atoms with Crippen molar-refractivity contribution in [1.29, 1.82) is 0 Å². The van der Waals surface area contributed by atoms with E-state index >= 15 is 0 Å².